The molecule has 11 heteroatoms. The van der Waals surface area contributed by atoms with Crippen LogP contribution >= 0.6 is 0 Å². The summed E-state index contributed by atoms with van der Waals surface area (Å²) in [4.78, 5) is 49.7. The Hall–Kier alpha value is -4.41. The van der Waals surface area contributed by atoms with Gasteiger partial charge in [-0.25, -0.2) is 4.98 Å². The van der Waals surface area contributed by atoms with Crippen molar-refractivity contribution in [2.75, 3.05) is 5.32 Å². The zero-order valence-electron chi connectivity index (χ0n) is 14.7. The first kappa shape index (κ1) is 18.0. The Morgan fingerprint density at radius 1 is 1.10 bits per heavy atom. The molecule has 0 saturated heterocycles. The number of hydrogen-bond donors (Lipinski definition) is 1. The smallest absolute Gasteiger partial charge is 0.320 e. The van der Waals surface area contributed by atoms with E-state index in [1.807, 2.05) is 0 Å². The van der Waals surface area contributed by atoms with Gasteiger partial charge in [-0.1, -0.05) is 24.3 Å². The molecule has 1 heterocycles. The van der Waals surface area contributed by atoms with Gasteiger partial charge in [0.25, 0.3) is 5.69 Å². The van der Waals surface area contributed by atoms with E-state index < -0.39 is 32.6 Å². The third kappa shape index (κ3) is 2.81. The number of fused-ring (bicyclic) bond motifs is 4. The molecule has 0 spiro atoms. The highest BCUT2D eigenvalue weighted by Crippen LogP contribution is 2.39. The van der Waals surface area contributed by atoms with Crippen molar-refractivity contribution in [3.8, 4) is 11.5 Å². The van der Waals surface area contributed by atoms with Crippen LogP contribution in [0.1, 0.15) is 6.92 Å². The molecule has 1 amide bonds. The zero-order chi connectivity index (χ0) is 20.9. The molecule has 0 atom stereocenters. The number of benzene rings is 3. The third-order valence-electron chi connectivity index (χ3n) is 4.28. The minimum atomic E-state index is -0.844. The van der Waals surface area contributed by atoms with Gasteiger partial charge in [0.05, 0.1) is 15.9 Å². The number of carbonyl (C=O) groups excluding carboxylic acids is 1. The van der Waals surface area contributed by atoms with Gasteiger partial charge in [-0.05, 0) is 0 Å². The average molecular weight is 394 g/mol. The van der Waals surface area contributed by atoms with E-state index in [2.05, 4.69) is 10.3 Å². The highest BCUT2D eigenvalue weighted by molar-refractivity contribution is 6.05. The largest absolute Gasteiger partial charge is 0.443 e. The molecule has 1 aliphatic carbocycles. The van der Waals surface area contributed by atoms with E-state index >= 15 is 0 Å². The van der Waals surface area contributed by atoms with Gasteiger partial charge in [0.1, 0.15) is 16.9 Å². The van der Waals surface area contributed by atoms with E-state index in [-0.39, 0.29) is 33.6 Å². The van der Waals surface area contributed by atoms with E-state index in [4.69, 9.17) is 4.42 Å². The molecular weight excluding hydrogens is 384 g/mol. The maximum Gasteiger partial charge on any atom is 0.320 e. The van der Waals surface area contributed by atoms with Crippen molar-refractivity contribution in [2.24, 2.45) is 0 Å². The molecule has 1 aliphatic heterocycles. The summed E-state index contributed by atoms with van der Waals surface area (Å²) in [5, 5.41) is 25.6. The van der Waals surface area contributed by atoms with Crippen LogP contribution < -0.4 is 10.7 Å². The summed E-state index contributed by atoms with van der Waals surface area (Å²) in [5.41, 5.74) is -2.32. The van der Waals surface area contributed by atoms with Crippen LogP contribution in [0, 0.1) is 20.2 Å². The van der Waals surface area contributed by atoms with Gasteiger partial charge in [-0.2, -0.15) is 0 Å². The number of nitrogens with one attached hydrogen (secondary N) is 1. The summed E-state index contributed by atoms with van der Waals surface area (Å²) in [5.74, 6) is -0.708. The van der Waals surface area contributed by atoms with E-state index in [0.717, 1.165) is 12.1 Å². The Kier molecular flexibility index (Phi) is 3.93. The molecule has 11 nitrogen and oxygen atoms in total. The topological polar surface area (TPSA) is 158 Å². The second-order valence-electron chi connectivity index (χ2n) is 6.15. The second kappa shape index (κ2) is 6.34. The molecule has 29 heavy (non-hydrogen) atoms. The summed E-state index contributed by atoms with van der Waals surface area (Å²) < 4.78 is 5.65. The van der Waals surface area contributed by atoms with E-state index in [9.17, 15) is 29.8 Å². The number of anilines is 1. The monoisotopic (exact) mass is 394 g/mol. The predicted octanol–water partition coefficient (Wildman–Crippen LogP) is 3.22. The number of rotatable bonds is 3. The van der Waals surface area contributed by atoms with Crippen LogP contribution in [0.5, 0.6) is 0 Å². The van der Waals surface area contributed by atoms with Gasteiger partial charge in [-0.3, -0.25) is 29.8 Å². The van der Waals surface area contributed by atoms with Gasteiger partial charge >= 0.3 is 5.69 Å². The number of amides is 1. The van der Waals surface area contributed by atoms with Crippen LogP contribution in [0.4, 0.5) is 17.1 Å². The molecule has 2 aromatic carbocycles. The minimum Gasteiger partial charge on any atom is -0.443 e. The van der Waals surface area contributed by atoms with Crippen molar-refractivity contribution in [3.63, 3.8) is 0 Å². The van der Waals surface area contributed by atoms with E-state index in [1.165, 1.54) is 13.0 Å². The quantitative estimate of drug-likeness (QED) is 0.240. The Morgan fingerprint density at radius 2 is 1.79 bits per heavy atom. The van der Waals surface area contributed by atoms with Gasteiger partial charge in [0.2, 0.25) is 16.9 Å². The maximum absolute atomic E-state index is 12.9. The Balaban J connectivity index is 2.25. The SMILES string of the molecule is CC(=O)Nc1c2oc3c([N+](=O)[O-])cc([N+](=O)[O-])cc3nc-2c2ccccc2c1=O. The summed E-state index contributed by atoms with van der Waals surface area (Å²) >= 11 is 0. The molecule has 0 radical (unpaired) electrons. The molecule has 0 bridgehead atoms. The maximum atomic E-state index is 12.9. The molecule has 0 aromatic heterocycles. The van der Waals surface area contributed by atoms with Crippen molar-refractivity contribution in [1.82, 2.24) is 4.98 Å². The molecule has 0 saturated carbocycles. The summed E-state index contributed by atoms with van der Waals surface area (Å²) in [6.45, 7) is 1.20. The van der Waals surface area contributed by atoms with Crippen LogP contribution in [0.25, 0.3) is 33.3 Å². The van der Waals surface area contributed by atoms with Crippen LogP contribution in [0.2, 0.25) is 0 Å². The van der Waals surface area contributed by atoms with Crippen molar-refractivity contribution >= 4 is 44.8 Å². The molecule has 0 unspecified atom stereocenters. The zero-order valence-corrected chi connectivity index (χ0v) is 14.7. The lowest BCUT2D eigenvalue weighted by molar-refractivity contribution is -0.393. The van der Waals surface area contributed by atoms with E-state index in [0.29, 0.717) is 5.39 Å². The number of nitrogens with zero attached hydrogens (tertiary/aromatic N) is 3. The van der Waals surface area contributed by atoms with Gasteiger partial charge in [0.15, 0.2) is 5.76 Å². The van der Waals surface area contributed by atoms with Crippen LogP contribution in [-0.2, 0) is 4.79 Å². The van der Waals surface area contributed by atoms with Gasteiger partial charge in [0, 0.05) is 23.8 Å². The van der Waals surface area contributed by atoms with Crippen LogP contribution in [0.15, 0.2) is 45.6 Å². The van der Waals surface area contributed by atoms with Crippen molar-refractivity contribution in [2.45, 2.75) is 6.92 Å². The number of carbonyl (C=O) groups is 1. The van der Waals surface area contributed by atoms with Crippen LogP contribution in [0.3, 0.4) is 0 Å². The first-order valence-corrected chi connectivity index (χ1v) is 8.17. The number of nitro benzene ring substituents is 2. The fourth-order valence-corrected chi connectivity index (χ4v) is 3.10. The lowest BCUT2D eigenvalue weighted by Crippen LogP contribution is -2.18. The second-order valence-corrected chi connectivity index (χ2v) is 6.15. The Morgan fingerprint density at radius 3 is 2.41 bits per heavy atom. The molecule has 2 aromatic rings. The number of hydrogen-bond acceptors (Lipinski definition) is 8. The highest BCUT2D eigenvalue weighted by atomic mass is 16.6. The molecule has 1 N–H and O–H groups in total. The predicted molar refractivity (Wildman–Crippen MR) is 102 cm³/mol. The summed E-state index contributed by atoms with van der Waals surface area (Å²) in [6.07, 6.45) is 0. The highest BCUT2D eigenvalue weighted by Gasteiger charge is 2.28. The van der Waals surface area contributed by atoms with Crippen molar-refractivity contribution < 1.29 is 19.1 Å². The van der Waals surface area contributed by atoms with Crippen molar-refractivity contribution in [1.29, 1.82) is 0 Å². The lowest BCUT2D eigenvalue weighted by atomic mass is 10.0. The van der Waals surface area contributed by atoms with Crippen molar-refractivity contribution in [3.05, 3.63) is 66.9 Å². The Bertz CT molecular complexity index is 1390. The number of nitro groups is 2. The molecule has 4 rings (SSSR count). The number of non-ortho nitro benzene ring substituents is 2. The van der Waals surface area contributed by atoms with Gasteiger partial charge in [-0.15, -0.1) is 0 Å². The molecule has 2 aliphatic rings. The van der Waals surface area contributed by atoms with Crippen LogP contribution in [-0.4, -0.2) is 20.7 Å². The summed E-state index contributed by atoms with van der Waals surface area (Å²) in [6, 6.07) is 8.20. The first-order chi connectivity index (χ1) is 13.8. The molecule has 144 valence electrons. The lowest BCUT2D eigenvalue weighted by Gasteiger charge is -2.14. The first-order valence-electron chi connectivity index (χ1n) is 8.17. The normalized spacial score (nSPS) is 11.1. The minimum absolute atomic E-state index is 0.129. The molecule has 0 fully saturated rings. The average Bonchev–Trinajstić information content (AvgIpc) is 2.68. The fourth-order valence-electron chi connectivity index (χ4n) is 3.10. The van der Waals surface area contributed by atoms with E-state index in [1.54, 1.807) is 18.2 Å². The molecular formula is C18H10N4O7. The Labute approximate surface area is 160 Å². The fraction of sp³-hybridized carbons (Fsp3) is 0.0556. The third-order valence-corrected chi connectivity index (χ3v) is 4.28. The van der Waals surface area contributed by atoms with Gasteiger partial charge < -0.3 is 9.73 Å². The standard InChI is InChI=1S/C18H10N4O7/c1-8(23)19-15-16(24)11-5-3-2-4-10(11)14-18(15)29-17-12(20-14)6-9(21(25)26)7-13(17)22(27)28/h2-7H,1H3,(H,19,23). The number of aromatic nitrogens is 1. The summed E-state index contributed by atoms with van der Waals surface area (Å²) in [7, 11) is 0.